The number of hydrogen-bond acceptors (Lipinski definition) is 3. The van der Waals surface area contributed by atoms with Crippen LogP contribution in [0.4, 0.5) is 8.78 Å². The molecule has 0 saturated heterocycles. The second kappa shape index (κ2) is 8.43. The lowest BCUT2D eigenvalue weighted by atomic mass is 9.56. The van der Waals surface area contributed by atoms with Crippen LogP contribution in [0.3, 0.4) is 0 Å². The van der Waals surface area contributed by atoms with Gasteiger partial charge in [-0.3, -0.25) is 14.9 Å². The monoisotopic (exact) mass is 434 g/mol. The van der Waals surface area contributed by atoms with E-state index in [9.17, 15) is 9.18 Å². The molecule has 0 radical (unpaired) electrons. The first-order valence-corrected chi connectivity index (χ1v) is 11.9. The van der Waals surface area contributed by atoms with Crippen molar-refractivity contribution < 1.29 is 18.8 Å². The van der Waals surface area contributed by atoms with E-state index in [0.717, 1.165) is 37.8 Å². The molecule has 0 aromatic heterocycles. The van der Waals surface area contributed by atoms with Gasteiger partial charge in [-0.25, -0.2) is 14.3 Å². The summed E-state index contributed by atoms with van der Waals surface area (Å²) in [5.41, 5.74) is 2.09. The number of halogens is 2. The van der Waals surface area contributed by atoms with Gasteiger partial charge in [0.1, 0.15) is 11.5 Å². The van der Waals surface area contributed by atoms with Gasteiger partial charge < -0.3 is 0 Å². The lowest BCUT2D eigenvalue weighted by molar-refractivity contribution is -0.0778. The summed E-state index contributed by atoms with van der Waals surface area (Å²) in [7, 11) is 0. The van der Waals surface area contributed by atoms with Crippen LogP contribution < -0.4 is 5.48 Å². The fraction of sp³-hybridized carbons (Fsp3) is 0.720. The van der Waals surface area contributed by atoms with Crippen LogP contribution in [0.1, 0.15) is 87.2 Å². The maximum absolute atomic E-state index is 15.8. The molecule has 4 nitrogen and oxygen atoms in total. The first-order valence-electron chi connectivity index (χ1n) is 11.9. The number of carbonyl (C=O) groups is 1. The number of alkyl halides is 1. The van der Waals surface area contributed by atoms with Crippen LogP contribution >= 0.6 is 0 Å². The van der Waals surface area contributed by atoms with Crippen LogP contribution in [-0.4, -0.2) is 34.3 Å². The maximum atomic E-state index is 15.8. The highest BCUT2D eigenvalue weighted by Crippen LogP contribution is 2.56. The Bertz CT molecular complexity index is 843. The van der Waals surface area contributed by atoms with Gasteiger partial charge in [0.15, 0.2) is 0 Å². The predicted octanol–water partition coefficient (Wildman–Crippen LogP) is 5.42. The van der Waals surface area contributed by atoms with E-state index >= 15 is 4.39 Å². The van der Waals surface area contributed by atoms with E-state index in [2.05, 4.69) is 25.7 Å². The van der Waals surface area contributed by atoms with Gasteiger partial charge in [-0.1, -0.05) is 20.8 Å². The molecule has 5 unspecified atom stereocenters. The van der Waals surface area contributed by atoms with E-state index in [1.807, 2.05) is 0 Å². The SMILES string of the molecule is CCC1Cc2c(F)cc(C(=O)NO)cc2CN1CC1(CC)CC2CC(C)CC(F)(C2)C1. The fourth-order valence-electron chi connectivity index (χ4n) is 7.11. The number of fused-ring (bicyclic) bond motifs is 3. The summed E-state index contributed by atoms with van der Waals surface area (Å²) >= 11 is 0. The van der Waals surface area contributed by atoms with Crippen molar-refractivity contribution in [3.05, 3.63) is 34.6 Å². The normalized spacial score (nSPS) is 35.5. The topological polar surface area (TPSA) is 52.6 Å². The zero-order valence-electron chi connectivity index (χ0n) is 19.0. The summed E-state index contributed by atoms with van der Waals surface area (Å²) in [5.74, 6) is -0.173. The van der Waals surface area contributed by atoms with Gasteiger partial charge in [0.2, 0.25) is 0 Å². The Kier molecular flexibility index (Phi) is 6.16. The predicted molar refractivity (Wildman–Crippen MR) is 116 cm³/mol. The summed E-state index contributed by atoms with van der Waals surface area (Å²) < 4.78 is 30.6. The quantitative estimate of drug-likeness (QED) is 0.481. The van der Waals surface area contributed by atoms with Crippen LogP contribution in [0.2, 0.25) is 0 Å². The van der Waals surface area contributed by atoms with Crippen molar-refractivity contribution in [1.29, 1.82) is 0 Å². The van der Waals surface area contributed by atoms with Crippen LogP contribution in [0.15, 0.2) is 12.1 Å². The van der Waals surface area contributed by atoms with Crippen molar-refractivity contribution in [2.24, 2.45) is 17.3 Å². The van der Waals surface area contributed by atoms with E-state index in [1.165, 1.54) is 6.07 Å². The minimum absolute atomic E-state index is 0.0542. The molecular formula is C25H36F2N2O2. The lowest BCUT2D eigenvalue weighted by Gasteiger charge is -2.54. The average molecular weight is 435 g/mol. The van der Waals surface area contributed by atoms with E-state index in [-0.39, 0.29) is 22.8 Å². The highest BCUT2D eigenvalue weighted by molar-refractivity contribution is 5.93. The number of amides is 1. The smallest absolute Gasteiger partial charge is 0.274 e. The van der Waals surface area contributed by atoms with Crippen molar-refractivity contribution in [1.82, 2.24) is 10.4 Å². The molecule has 1 heterocycles. The molecule has 1 amide bonds. The van der Waals surface area contributed by atoms with Crippen LogP contribution in [-0.2, 0) is 13.0 Å². The molecule has 6 heteroatoms. The molecule has 1 aromatic rings. The van der Waals surface area contributed by atoms with Crippen molar-refractivity contribution in [3.8, 4) is 0 Å². The third kappa shape index (κ3) is 4.38. The second-order valence-corrected chi connectivity index (χ2v) is 10.7. The average Bonchev–Trinajstić information content (AvgIpc) is 2.71. The molecule has 2 saturated carbocycles. The largest absolute Gasteiger partial charge is 0.295 e. The third-order valence-electron chi connectivity index (χ3n) is 8.26. The standard InChI is InChI=1S/C25H36F2N2O2/c1-4-20-9-21-19(7-18(8-22(21)26)23(30)28-31)13-29(20)15-24(5-2)11-17-6-16(3)10-25(27,12-17)14-24/h7-8,16-17,20,31H,4-6,9-15H2,1-3H3,(H,28,30). The number of rotatable bonds is 5. The molecule has 2 fully saturated rings. The summed E-state index contributed by atoms with van der Waals surface area (Å²) in [5, 5.41) is 8.95. The zero-order chi connectivity index (χ0) is 22.4. The van der Waals surface area contributed by atoms with Gasteiger partial charge in [0, 0.05) is 24.7 Å². The first kappa shape index (κ1) is 22.7. The molecule has 4 rings (SSSR count). The first-order chi connectivity index (χ1) is 14.7. The molecule has 5 atom stereocenters. The summed E-state index contributed by atoms with van der Waals surface area (Å²) in [6, 6.07) is 3.10. The van der Waals surface area contributed by atoms with Crippen LogP contribution in [0.5, 0.6) is 0 Å². The minimum Gasteiger partial charge on any atom is -0.295 e. The molecule has 2 N–H and O–H groups in total. The van der Waals surface area contributed by atoms with Gasteiger partial charge in [-0.05, 0) is 91.9 Å². The van der Waals surface area contributed by atoms with E-state index in [4.69, 9.17) is 5.21 Å². The van der Waals surface area contributed by atoms with Gasteiger partial charge >= 0.3 is 0 Å². The second-order valence-electron chi connectivity index (χ2n) is 10.7. The minimum atomic E-state index is -1.05. The molecular weight excluding hydrogens is 398 g/mol. The van der Waals surface area contributed by atoms with Crippen LogP contribution in [0.25, 0.3) is 0 Å². The summed E-state index contributed by atoms with van der Waals surface area (Å²) in [4.78, 5) is 14.3. The Morgan fingerprint density at radius 1 is 1.29 bits per heavy atom. The van der Waals surface area contributed by atoms with E-state index < -0.39 is 11.6 Å². The molecule has 172 valence electrons. The molecule has 2 bridgehead atoms. The Balaban J connectivity index is 1.61. The molecule has 0 spiro atoms. The molecule has 3 aliphatic rings. The van der Waals surface area contributed by atoms with Gasteiger partial charge in [0.05, 0.1) is 0 Å². The summed E-state index contributed by atoms with van der Waals surface area (Å²) in [6.45, 7) is 7.87. The fourth-order valence-corrected chi connectivity index (χ4v) is 7.11. The van der Waals surface area contributed by atoms with Crippen molar-refractivity contribution in [2.45, 2.75) is 90.4 Å². The van der Waals surface area contributed by atoms with Crippen molar-refractivity contribution >= 4 is 5.91 Å². The number of nitrogens with one attached hydrogen (secondary N) is 1. The zero-order valence-corrected chi connectivity index (χ0v) is 19.0. The Hall–Kier alpha value is -1.53. The molecule has 2 aliphatic carbocycles. The van der Waals surface area contributed by atoms with E-state index in [0.29, 0.717) is 49.6 Å². The van der Waals surface area contributed by atoms with Gasteiger partial charge in [-0.2, -0.15) is 0 Å². The van der Waals surface area contributed by atoms with Gasteiger partial charge in [0.25, 0.3) is 5.91 Å². The van der Waals surface area contributed by atoms with Crippen LogP contribution in [0, 0.1) is 23.1 Å². The number of nitrogens with zero attached hydrogens (tertiary/aromatic N) is 1. The lowest BCUT2D eigenvalue weighted by Crippen LogP contribution is -2.53. The number of carbonyl (C=O) groups excluding carboxylic acids is 1. The molecule has 1 aromatic carbocycles. The Morgan fingerprint density at radius 3 is 2.71 bits per heavy atom. The maximum Gasteiger partial charge on any atom is 0.274 e. The van der Waals surface area contributed by atoms with Gasteiger partial charge in [-0.15, -0.1) is 0 Å². The molecule has 31 heavy (non-hydrogen) atoms. The highest BCUT2D eigenvalue weighted by Gasteiger charge is 2.52. The number of hydrogen-bond donors (Lipinski definition) is 2. The van der Waals surface area contributed by atoms with Crippen molar-refractivity contribution in [3.63, 3.8) is 0 Å². The highest BCUT2D eigenvalue weighted by atomic mass is 19.1. The van der Waals surface area contributed by atoms with Crippen molar-refractivity contribution in [2.75, 3.05) is 6.54 Å². The number of benzene rings is 1. The molecule has 1 aliphatic heterocycles. The third-order valence-corrected chi connectivity index (χ3v) is 8.26. The van der Waals surface area contributed by atoms with E-state index in [1.54, 1.807) is 11.5 Å². The number of hydroxylamine groups is 1. The Labute approximate surface area is 184 Å². The summed E-state index contributed by atoms with van der Waals surface area (Å²) in [6.07, 6.45) is 6.65. The Morgan fingerprint density at radius 2 is 2.06 bits per heavy atom.